The lowest BCUT2D eigenvalue weighted by atomic mass is 9.96. The zero-order chi connectivity index (χ0) is 20.7. The van der Waals surface area contributed by atoms with Crippen LogP contribution in [0, 0.1) is 19.8 Å². The van der Waals surface area contributed by atoms with Gasteiger partial charge in [0.1, 0.15) is 11.5 Å². The van der Waals surface area contributed by atoms with Gasteiger partial charge in [-0.3, -0.25) is 4.79 Å². The first-order chi connectivity index (χ1) is 13.3. The standard InChI is InChI=1S/C24H33NO3/c1-7-23(28-21-14-17(4)13-18(5)15-21)24(26)25-22(12-16(2)3)19-8-10-20(27-6)11-9-19/h8-11,13-16,22-23H,7,12H2,1-6H3,(H,25,26)/t22-,23-/m0/s1. The number of nitrogens with one attached hydrogen (secondary N) is 1. The molecule has 0 aliphatic carbocycles. The molecule has 0 fully saturated rings. The van der Waals surface area contributed by atoms with Gasteiger partial charge in [0.25, 0.3) is 5.91 Å². The minimum absolute atomic E-state index is 0.0599. The van der Waals surface area contributed by atoms with Crippen LogP contribution in [-0.2, 0) is 4.79 Å². The molecule has 0 aliphatic rings. The Hall–Kier alpha value is -2.49. The molecule has 0 unspecified atom stereocenters. The van der Waals surface area contributed by atoms with Crippen molar-refractivity contribution >= 4 is 5.91 Å². The number of aryl methyl sites for hydroxylation is 2. The average Bonchev–Trinajstić information content (AvgIpc) is 2.64. The Labute approximate surface area is 169 Å². The second-order valence-corrected chi connectivity index (χ2v) is 7.80. The highest BCUT2D eigenvalue weighted by Gasteiger charge is 2.23. The summed E-state index contributed by atoms with van der Waals surface area (Å²) in [5.74, 6) is 1.92. The Morgan fingerprint density at radius 3 is 2.11 bits per heavy atom. The third-order valence-corrected chi connectivity index (χ3v) is 4.68. The molecule has 2 aromatic carbocycles. The number of hydrogen-bond donors (Lipinski definition) is 1. The molecule has 2 aromatic rings. The van der Waals surface area contributed by atoms with Gasteiger partial charge in [0.05, 0.1) is 13.2 Å². The highest BCUT2D eigenvalue weighted by atomic mass is 16.5. The Morgan fingerprint density at radius 1 is 1.00 bits per heavy atom. The number of carbonyl (C=O) groups excluding carboxylic acids is 1. The summed E-state index contributed by atoms with van der Waals surface area (Å²) in [4.78, 5) is 13.0. The fourth-order valence-electron chi connectivity index (χ4n) is 3.34. The van der Waals surface area contributed by atoms with Crippen LogP contribution in [0.1, 0.15) is 56.3 Å². The second-order valence-electron chi connectivity index (χ2n) is 7.80. The summed E-state index contributed by atoms with van der Waals surface area (Å²) < 4.78 is 11.3. The van der Waals surface area contributed by atoms with Crippen molar-refractivity contribution in [1.82, 2.24) is 5.32 Å². The van der Waals surface area contributed by atoms with Crippen molar-refractivity contribution in [2.45, 2.75) is 59.6 Å². The van der Waals surface area contributed by atoms with Crippen LogP contribution in [0.15, 0.2) is 42.5 Å². The van der Waals surface area contributed by atoms with Crippen LogP contribution < -0.4 is 14.8 Å². The molecule has 152 valence electrons. The molecule has 0 aliphatic heterocycles. The summed E-state index contributed by atoms with van der Waals surface area (Å²) in [6.07, 6.45) is 0.947. The largest absolute Gasteiger partial charge is 0.497 e. The zero-order valence-electron chi connectivity index (χ0n) is 17.9. The third kappa shape index (κ3) is 6.29. The van der Waals surface area contributed by atoms with E-state index in [0.717, 1.165) is 34.6 Å². The lowest BCUT2D eigenvalue weighted by Gasteiger charge is -2.25. The molecule has 2 rings (SSSR count). The maximum absolute atomic E-state index is 13.0. The molecule has 1 N–H and O–H groups in total. The summed E-state index contributed by atoms with van der Waals surface area (Å²) in [7, 11) is 1.65. The number of rotatable bonds is 9. The van der Waals surface area contributed by atoms with E-state index in [-0.39, 0.29) is 11.9 Å². The molecular formula is C24H33NO3. The quantitative estimate of drug-likeness (QED) is 0.633. The molecule has 0 spiro atoms. The van der Waals surface area contributed by atoms with Crippen LogP contribution in [-0.4, -0.2) is 19.1 Å². The van der Waals surface area contributed by atoms with E-state index in [4.69, 9.17) is 9.47 Å². The molecule has 0 heterocycles. The van der Waals surface area contributed by atoms with E-state index in [1.54, 1.807) is 7.11 Å². The Bertz CT molecular complexity index is 748. The Kier molecular flexibility index (Phi) is 7.91. The van der Waals surface area contributed by atoms with Gasteiger partial charge >= 0.3 is 0 Å². The van der Waals surface area contributed by atoms with Gasteiger partial charge in [-0.15, -0.1) is 0 Å². The van der Waals surface area contributed by atoms with Crippen molar-refractivity contribution in [1.29, 1.82) is 0 Å². The molecule has 0 saturated heterocycles. The molecule has 28 heavy (non-hydrogen) atoms. The lowest BCUT2D eigenvalue weighted by Crippen LogP contribution is -2.40. The van der Waals surface area contributed by atoms with Crippen LogP contribution >= 0.6 is 0 Å². The number of benzene rings is 2. The number of ether oxygens (including phenoxy) is 2. The summed E-state index contributed by atoms with van der Waals surface area (Å²) in [5.41, 5.74) is 3.33. The van der Waals surface area contributed by atoms with Crippen molar-refractivity contribution in [3.05, 3.63) is 59.2 Å². The number of methoxy groups -OCH3 is 1. The summed E-state index contributed by atoms with van der Waals surface area (Å²) in [5, 5.41) is 3.20. The molecule has 1 amide bonds. The molecule has 4 nitrogen and oxygen atoms in total. The minimum Gasteiger partial charge on any atom is -0.497 e. The van der Waals surface area contributed by atoms with Crippen LogP contribution in [0.25, 0.3) is 0 Å². The molecule has 0 radical (unpaired) electrons. The molecular weight excluding hydrogens is 350 g/mol. The highest BCUT2D eigenvalue weighted by Crippen LogP contribution is 2.25. The molecule has 0 aromatic heterocycles. The predicted molar refractivity (Wildman–Crippen MR) is 114 cm³/mol. The van der Waals surface area contributed by atoms with Crippen molar-refractivity contribution in [2.24, 2.45) is 5.92 Å². The first-order valence-corrected chi connectivity index (χ1v) is 10.0. The monoisotopic (exact) mass is 383 g/mol. The van der Waals surface area contributed by atoms with Crippen LogP contribution in [0.2, 0.25) is 0 Å². The van der Waals surface area contributed by atoms with E-state index in [9.17, 15) is 4.79 Å². The van der Waals surface area contributed by atoms with Crippen molar-refractivity contribution < 1.29 is 14.3 Å². The van der Waals surface area contributed by atoms with Gasteiger partial charge in [0, 0.05) is 0 Å². The summed E-state index contributed by atoms with van der Waals surface area (Å²) in [6, 6.07) is 13.9. The molecule has 2 atom stereocenters. The van der Waals surface area contributed by atoms with E-state index < -0.39 is 6.10 Å². The lowest BCUT2D eigenvalue weighted by molar-refractivity contribution is -0.129. The zero-order valence-corrected chi connectivity index (χ0v) is 17.9. The fraction of sp³-hybridized carbons (Fsp3) is 0.458. The smallest absolute Gasteiger partial charge is 0.261 e. The van der Waals surface area contributed by atoms with Crippen molar-refractivity contribution in [2.75, 3.05) is 7.11 Å². The SMILES string of the molecule is CC[C@H](Oc1cc(C)cc(C)c1)C(=O)N[C@@H](CC(C)C)c1ccc(OC)cc1. The fourth-order valence-corrected chi connectivity index (χ4v) is 3.34. The molecule has 0 bridgehead atoms. The van der Waals surface area contributed by atoms with E-state index in [0.29, 0.717) is 12.3 Å². The van der Waals surface area contributed by atoms with Gasteiger partial charge in [-0.2, -0.15) is 0 Å². The van der Waals surface area contributed by atoms with Crippen LogP contribution in [0.5, 0.6) is 11.5 Å². The normalized spacial score (nSPS) is 13.1. The van der Waals surface area contributed by atoms with Crippen LogP contribution in [0.4, 0.5) is 0 Å². The maximum atomic E-state index is 13.0. The van der Waals surface area contributed by atoms with Gasteiger partial charge < -0.3 is 14.8 Å². The number of carbonyl (C=O) groups is 1. The average molecular weight is 384 g/mol. The van der Waals surface area contributed by atoms with Crippen molar-refractivity contribution in [3.8, 4) is 11.5 Å². The number of hydrogen-bond acceptors (Lipinski definition) is 3. The third-order valence-electron chi connectivity index (χ3n) is 4.68. The molecule has 4 heteroatoms. The predicted octanol–water partition coefficient (Wildman–Crippen LogP) is 5.37. The van der Waals surface area contributed by atoms with Gasteiger partial charge in [-0.1, -0.05) is 39.0 Å². The van der Waals surface area contributed by atoms with Crippen molar-refractivity contribution in [3.63, 3.8) is 0 Å². The highest BCUT2D eigenvalue weighted by molar-refractivity contribution is 5.81. The summed E-state index contributed by atoms with van der Waals surface area (Å²) >= 11 is 0. The van der Waals surface area contributed by atoms with E-state index in [1.165, 1.54) is 0 Å². The first kappa shape index (κ1) is 21.8. The van der Waals surface area contributed by atoms with E-state index >= 15 is 0 Å². The van der Waals surface area contributed by atoms with Gasteiger partial charge in [0.15, 0.2) is 6.10 Å². The maximum Gasteiger partial charge on any atom is 0.261 e. The Balaban J connectivity index is 2.14. The Morgan fingerprint density at radius 2 is 1.61 bits per heavy atom. The minimum atomic E-state index is -0.519. The van der Waals surface area contributed by atoms with E-state index in [1.807, 2.05) is 57.2 Å². The van der Waals surface area contributed by atoms with E-state index in [2.05, 4.69) is 25.2 Å². The first-order valence-electron chi connectivity index (χ1n) is 10.0. The second kappa shape index (κ2) is 10.2. The van der Waals surface area contributed by atoms with Gasteiger partial charge in [-0.05, 0) is 73.6 Å². The number of amides is 1. The van der Waals surface area contributed by atoms with Crippen LogP contribution in [0.3, 0.4) is 0 Å². The van der Waals surface area contributed by atoms with Gasteiger partial charge in [-0.25, -0.2) is 0 Å². The van der Waals surface area contributed by atoms with Gasteiger partial charge in [0.2, 0.25) is 0 Å². The summed E-state index contributed by atoms with van der Waals surface area (Å²) in [6.45, 7) is 10.3. The topological polar surface area (TPSA) is 47.6 Å². The molecule has 0 saturated carbocycles.